The highest BCUT2D eigenvalue weighted by molar-refractivity contribution is 8.01. The number of fused-ring (bicyclic) bond motifs is 1. The molecule has 1 fully saturated rings. The third-order valence-electron chi connectivity index (χ3n) is 4.98. The number of hydrogen-bond donors (Lipinski definition) is 1. The fraction of sp³-hybridized carbons (Fsp3) is 0.765. The number of thiophene rings is 1. The van der Waals surface area contributed by atoms with Crippen LogP contribution in [0.2, 0.25) is 0 Å². The van der Waals surface area contributed by atoms with Crippen LogP contribution < -0.4 is 5.32 Å². The number of nitrogens with one attached hydrogen (secondary N) is 1. The Labute approximate surface area is 131 Å². The standard InChI is InChI=1S/C17H27NS2/c1-12-11-16(15-9-10-19-17(15)20-12)18-13(2)14-7-5-3-4-6-8-14/h9-10,12-14,16,18H,3-8,11H2,1-2H3/t12-,13+,16?/m0/s1. The van der Waals surface area contributed by atoms with E-state index >= 15 is 0 Å². The van der Waals surface area contributed by atoms with Crippen LogP contribution in [0.1, 0.15) is 70.4 Å². The Hall–Kier alpha value is 0.01000. The van der Waals surface area contributed by atoms with Crippen molar-refractivity contribution in [2.24, 2.45) is 5.92 Å². The first-order valence-electron chi connectivity index (χ1n) is 8.24. The van der Waals surface area contributed by atoms with E-state index in [4.69, 9.17) is 0 Å². The second-order valence-corrected chi connectivity index (χ2v) is 9.21. The Morgan fingerprint density at radius 3 is 2.70 bits per heavy atom. The Balaban J connectivity index is 1.65. The molecule has 112 valence electrons. The minimum atomic E-state index is 0.589. The molecule has 1 aromatic rings. The lowest BCUT2D eigenvalue weighted by atomic mass is 9.91. The molecule has 3 rings (SSSR count). The molecule has 1 aliphatic heterocycles. The molecule has 1 N–H and O–H groups in total. The van der Waals surface area contributed by atoms with Crippen LogP contribution in [0.25, 0.3) is 0 Å². The van der Waals surface area contributed by atoms with Gasteiger partial charge in [-0.1, -0.05) is 32.6 Å². The smallest absolute Gasteiger partial charge is 0.0649 e. The molecular weight excluding hydrogens is 282 g/mol. The van der Waals surface area contributed by atoms with Gasteiger partial charge in [0.1, 0.15) is 0 Å². The van der Waals surface area contributed by atoms with Gasteiger partial charge in [0, 0.05) is 17.3 Å². The second kappa shape index (κ2) is 6.85. The molecule has 0 spiro atoms. The van der Waals surface area contributed by atoms with Gasteiger partial charge in [0.05, 0.1) is 4.21 Å². The molecule has 1 unspecified atom stereocenters. The highest BCUT2D eigenvalue weighted by atomic mass is 32.2. The zero-order chi connectivity index (χ0) is 13.9. The first-order chi connectivity index (χ1) is 9.74. The summed E-state index contributed by atoms with van der Waals surface area (Å²) in [6.45, 7) is 4.80. The van der Waals surface area contributed by atoms with Gasteiger partial charge in [-0.25, -0.2) is 0 Å². The van der Waals surface area contributed by atoms with Crippen LogP contribution in [0.3, 0.4) is 0 Å². The summed E-state index contributed by atoms with van der Waals surface area (Å²) in [5.41, 5.74) is 1.57. The maximum atomic E-state index is 3.98. The Bertz CT molecular complexity index is 420. The quantitative estimate of drug-likeness (QED) is 0.727. The van der Waals surface area contributed by atoms with Crippen molar-refractivity contribution in [1.82, 2.24) is 5.32 Å². The minimum Gasteiger partial charge on any atom is -0.307 e. The van der Waals surface area contributed by atoms with E-state index in [1.54, 1.807) is 9.77 Å². The molecule has 1 aromatic heterocycles. The number of rotatable bonds is 3. The maximum Gasteiger partial charge on any atom is 0.0649 e. The van der Waals surface area contributed by atoms with E-state index < -0.39 is 0 Å². The summed E-state index contributed by atoms with van der Waals surface area (Å²) in [6.07, 6.45) is 9.94. The number of thioether (sulfide) groups is 1. The van der Waals surface area contributed by atoms with E-state index in [9.17, 15) is 0 Å². The molecule has 0 bridgehead atoms. The highest BCUT2D eigenvalue weighted by Gasteiger charge is 2.29. The van der Waals surface area contributed by atoms with Gasteiger partial charge in [-0.3, -0.25) is 0 Å². The van der Waals surface area contributed by atoms with Gasteiger partial charge in [-0.05, 0) is 49.1 Å². The van der Waals surface area contributed by atoms with Gasteiger partial charge >= 0.3 is 0 Å². The Morgan fingerprint density at radius 2 is 1.95 bits per heavy atom. The zero-order valence-corrected chi connectivity index (χ0v) is 14.4. The lowest BCUT2D eigenvalue weighted by Crippen LogP contribution is -2.38. The summed E-state index contributed by atoms with van der Waals surface area (Å²) in [7, 11) is 0. The minimum absolute atomic E-state index is 0.589. The van der Waals surface area contributed by atoms with E-state index in [1.165, 1.54) is 44.9 Å². The van der Waals surface area contributed by atoms with Crippen LogP contribution in [0.5, 0.6) is 0 Å². The van der Waals surface area contributed by atoms with Gasteiger partial charge in [0.25, 0.3) is 0 Å². The lowest BCUT2D eigenvalue weighted by molar-refractivity contribution is 0.301. The van der Waals surface area contributed by atoms with Crippen molar-refractivity contribution in [1.29, 1.82) is 0 Å². The van der Waals surface area contributed by atoms with Crippen molar-refractivity contribution in [3.05, 3.63) is 17.0 Å². The van der Waals surface area contributed by atoms with Crippen LogP contribution in [-0.4, -0.2) is 11.3 Å². The predicted molar refractivity (Wildman–Crippen MR) is 90.8 cm³/mol. The van der Waals surface area contributed by atoms with Crippen molar-refractivity contribution in [3.8, 4) is 0 Å². The third kappa shape index (κ3) is 3.42. The van der Waals surface area contributed by atoms with Gasteiger partial charge in [-0.15, -0.1) is 23.1 Å². The van der Waals surface area contributed by atoms with Crippen molar-refractivity contribution in [2.45, 2.75) is 80.3 Å². The van der Waals surface area contributed by atoms with E-state index in [0.717, 1.165) is 11.2 Å². The van der Waals surface area contributed by atoms with E-state index in [0.29, 0.717) is 12.1 Å². The molecule has 2 aliphatic rings. The monoisotopic (exact) mass is 309 g/mol. The zero-order valence-electron chi connectivity index (χ0n) is 12.7. The average molecular weight is 310 g/mol. The van der Waals surface area contributed by atoms with Crippen molar-refractivity contribution >= 4 is 23.1 Å². The highest BCUT2D eigenvalue weighted by Crippen LogP contribution is 2.44. The molecule has 0 saturated heterocycles. The summed E-state index contributed by atoms with van der Waals surface area (Å²) in [6, 6.07) is 3.60. The predicted octanol–water partition coefficient (Wildman–Crippen LogP) is 5.62. The molecule has 0 amide bonds. The average Bonchev–Trinajstić information content (AvgIpc) is 2.72. The van der Waals surface area contributed by atoms with E-state index in [-0.39, 0.29) is 0 Å². The third-order valence-corrected chi connectivity index (χ3v) is 7.32. The summed E-state index contributed by atoms with van der Waals surface area (Å²) in [4.78, 5) is 0. The van der Waals surface area contributed by atoms with Crippen molar-refractivity contribution < 1.29 is 0 Å². The van der Waals surface area contributed by atoms with Gasteiger partial charge in [0.15, 0.2) is 0 Å². The Morgan fingerprint density at radius 1 is 1.20 bits per heavy atom. The van der Waals surface area contributed by atoms with Crippen LogP contribution in [0.4, 0.5) is 0 Å². The summed E-state index contributed by atoms with van der Waals surface area (Å²) >= 11 is 3.99. The van der Waals surface area contributed by atoms with E-state index in [2.05, 4.69) is 42.4 Å². The Kier molecular flexibility index (Phi) is 5.11. The van der Waals surface area contributed by atoms with Gasteiger partial charge in [0.2, 0.25) is 0 Å². The SMILES string of the molecule is C[C@H]1CC(N[C@H](C)C2CCCCCC2)c2ccsc2S1. The lowest BCUT2D eigenvalue weighted by Gasteiger charge is -2.33. The molecule has 0 aromatic carbocycles. The molecular formula is C17H27NS2. The molecule has 1 aliphatic carbocycles. The van der Waals surface area contributed by atoms with Gasteiger partial charge in [-0.2, -0.15) is 0 Å². The molecule has 3 atom stereocenters. The molecule has 1 nitrogen and oxygen atoms in total. The fourth-order valence-corrected chi connectivity index (χ4v) is 6.34. The van der Waals surface area contributed by atoms with Crippen molar-refractivity contribution in [3.63, 3.8) is 0 Å². The van der Waals surface area contributed by atoms with E-state index in [1.807, 2.05) is 11.3 Å². The summed E-state index contributed by atoms with van der Waals surface area (Å²) in [5.74, 6) is 0.893. The first kappa shape index (κ1) is 14.9. The molecule has 0 radical (unpaired) electrons. The molecule has 20 heavy (non-hydrogen) atoms. The summed E-state index contributed by atoms with van der Waals surface area (Å²) < 4.78 is 1.55. The largest absolute Gasteiger partial charge is 0.307 e. The second-order valence-electron chi connectivity index (χ2n) is 6.59. The van der Waals surface area contributed by atoms with Crippen LogP contribution in [-0.2, 0) is 0 Å². The fourth-order valence-electron chi connectivity index (χ4n) is 3.77. The molecule has 3 heteroatoms. The van der Waals surface area contributed by atoms with Crippen LogP contribution in [0.15, 0.2) is 15.7 Å². The number of hydrogen-bond acceptors (Lipinski definition) is 3. The molecule has 1 saturated carbocycles. The first-order valence-corrected chi connectivity index (χ1v) is 10.00. The molecule has 2 heterocycles. The maximum absolute atomic E-state index is 3.98. The topological polar surface area (TPSA) is 12.0 Å². The summed E-state index contributed by atoms with van der Waals surface area (Å²) in [5, 5.41) is 7.00. The van der Waals surface area contributed by atoms with Gasteiger partial charge < -0.3 is 5.32 Å². The van der Waals surface area contributed by atoms with Crippen LogP contribution in [0, 0.1) is 5.92 Å². The van der Waals surface area contributed by atoms with Crippen molar-refractivity contribution in [2.75, 3.05) is 0 Å². The van der Waals surface area contributed by atoms with Crippen LogP contribution >= 0.6 is 23.1 Å². The normalized spacial score (nSPS) is 29.7.